The van der Waals surface area contributed by atoms with Crippen LogP contribution in [-0.2, 0) is 25.6 Å². The molecule has 4 aromatic rings. The number of carbonyl (C=O) groups excluding carboxylic acids is 7. The van der Waals surface area contributed by atoms with Gasteiger partial charge in [-0.15, -0.1) is 0 Å². The Bertz CT molecular complexity index is 2190. The van der Waals surface area contributed by atoms with Gasteiger partial charge < -0.3 is 26.0 Å². The van der Waals surface area contributed by atoms with Crippen LogP contribution < -0.4 is 31.3 Å². The van der Waals surface area contributed by atoms with Gasteiger partial charge in [0.15, 0.2) is 6.61 Å². The summed E-state index contributed by atoms with van der Waals surface area (Å²) >= 11 is 0. The molecular weight excluding hydrogens is 731 g/mol. The van der Waals surface area contributed by atoms with Crippen LogP contribution in [0.2, 0.25) is 0 Å². The highest BCUT2D eigenvalue weighted by molar-refractivity contribution is 6.24. The molecule has 7 amide bonds. The number of carbonyl (C=O) groups is 7. The van der Waals surface area contributed by atoms with E-state index in [0.717, 1.165) is 60.1 Å². The van der Waals surface area contributed by atoms with Gasteiger partial charge in [0.1, 0.15) is 11.8 Å². The number of nitrogens with zero attached hydrogens (tertiary/aromatic N) is 2. The summed E-state index contributed by atoms with van der Waals surface area (Å²) in [5.74, 6) is -3.17. The smallest absolute Gasteiger partial charge is 0.266 e. The average molecular weight is 776 g/mol. The molecule has 0 aliphatic carbocycles. The van der Waals surface area contributed by atoms with E-state index >= 15 is 0 Å². The molecule has 0 spiro atoms. The number of hydrogen-bond acceptors (Lipinski definition) is 10. The van der Waals surface area contributed by atoms with Crippen molar-refractivity contribution in [1.82, 2.24) is 31.2 Å². The zero-order valence-corrected chi connectivity index (χ0v) is 31.7. The van der Waals surface area contributed by atoms with E-state index in [1.807, 2.05) is 48.5 Å². The molecule has 6 rings (SSSR count). The van der Waals surface area contributed by atoms with Crippen molar-refractivity contribution in [3.8, 4) is 5.75 Å². The van der Waals surface area contributed by atoms with Gasteiger partial charge in [0.25, 0.3) is 23.6 Å². The van der Waals surface area contributed by atoms with Crippen molar-refractivity contribution in [1.29, 1.82) is 0 Å². The normalized spacial score (nSPS) is 14.9. The van der Waals surface area contributed by atoms with Crippen LogP contribution in [0.4, 0.5) is 11.4 Å². The number of unbranched alkanes of at least 4 members (excludes halogenated alkanes) is 5. The predicted molar refractivity (Wildman–Crippen MR) is 211 cm³/mol. The van der Waals surface area contributed by atoms with Gasteiger partial charge in [-0.05, 0) is 61.2 Å². The molecule has 15 nitrogen and oxygen atoms in total. The molecule has 0 radical (unpaired) electrons. The minimum absolute atomic E-state index is 0.00751. The molecule has 3 aromatic carbocycles. The van der Waals surface area contributed by atoms with Gasteiger partial charge in [-0.3, -0.25) is 48.8 Å². The number of imide groups is 2. The number of pyridine rings is 1. The van der Waals surface area contributed by atoms with Crippen LogP contribution in [0.3, 0.4) is 0 Å². The first kappa shape index (κ1) is 40.0. The Balaban J connectivity index is 0.863. The topological polar surface area (TPSA) is 205 Å². The first-order valence-electron chi connectivity index (χ1n) is 19.1. The summed E-state index contributed by atoms with van der Waals surface area (Å²) in [5, 5.41) is 14.7. The number of fused-ring (bicyclic) bond motifs is 2. The van der Waals surface area contributed by atoms with Crippen LogP contribution >= 0.6 is 0 Å². The first-order valence-corrected chi connectivity index (χ1v) is 19.1. The molecule has 5 N–H and O–H groups in total. The van der Waals surface area contributed by atoms with E-state index in [0.29, 0.717) is 29.9 Å². The fourth-order valence-electron chi connectivity index (χ4n) is 6.92. The largest absolute Gasteiger partial charge is 0.483 e. The third kappa shape index (κ3) is 9.79. The van der Waals surface area contributed by atoms with E-state index in [1.54, 1.807) is 13.2 Å². The van der Waals surface area contributed by atoms with Crippen molar-refractivity contribution >= 4 is 63.6 Å². The van der Waals surface area contributed by atoms with Crippen LogP contribution in [0.5, 0.6) is 5.75 Å². The second-order valence-corrected chi connectivity index (χ2v) is 13.9. The van der Waals surface area contributed by atoms with Crippen molar-refractivity contribution < 1.29 is 38.3 Å². The molecule has 2 aliphatic rings. The van der Waals surface area contributed by atoms with Crippen LogP contribution in [-0.4, -0.2) is 84.0 Å². The van der Waals surface area contributed by atoms with Crippen LogP contribution in [0.15, 0.2) is 72.9 Å². The molecule has 1 saturated heterocycles. The predicted octanol–water partition coefficient (Wildman–Crippen LogP) is 3.93. The molecular formula is C42H45N7O8. The molecule has 0 bridgehead atoms. The van der Waals surface area contributed by atoms with Gasteiger partial charge in [0, 0.05) is 43.8 Å². The van der Waals surface area contributed by atoms with Crippen LogP contribution in [0.25, 0.3) is 10.9 Å². The van der Waals surface area contributed by atoms with E-state index in [4.69, 9.17) is 4.74 Å². The molecule has 1 unspecified atom stereocenters. The number of hydrogen-bond donors (Lipinski definition) is 5. The Morgan fingerprint density at radius 3 is 2.28 bits per heavy atom. The molecule has 2 aliphatic heterocycles. The van der Waals surface area contributed by atoms with Crippen LogP contribution in [0, 0.1) is 0 Å². The maximum absolute atomic E-state index is 13.2. The number of amides is 7. The first-order chi connectivity index (χ1) is 27.6. The molecule has 15 heteroatoms. The number of anilines is 2. The van der Waals surface area contributed by atoms with Crippen LogP contribution in [0.1, 0.15) is 88.0 Å². The summed E-state index contributed by atoms with van der Waals surface area (Å²) in [7, 11) is 1.57. The monoisotopic (exact) mass is 775 g/mol. The molecule has 1 aromatic heterocycles. The van der Waals surface area contributed by atoms with E-state index < -0.39 is 29.7 Å². The molecule has 0 saturated carbocycles. The minimum atomic E-state index is -1.09. The summed E-state index contributed by atoms with van der Waals surface area (Å²) in [6.45, 7) is 0.657. The van der Waals surface area contributed by atoms with Gasteiger partial charge in [-0.2, -0.15) is 0 Å². The third-order valence-corrected chi connectivity index (χ3v) is 9.85. The van der Waals surface area contributed by atoms with E-state index in [-0.39, 0.29) is 60.5 Å². The second-order valence-electron chi connectivity index (χ2n) is 13.9. The molecule has 3 heterocycles. The van der Waals surface area contributed by atoms with Gasteiger partial charge >= 0.3 is 0 Å². The minimum Gasteiger partial charge on any atom is -0.483 e. The zero-order chi connectivity index (χ0) is 40.3. The van der Waals surface area contributed by atoms with Crippen molar-refractivity contribution in [3.63, 3.8) is 0 Å². The highest BCUT2D eigenvalue weighted by Gasteiger charge is 2.46. The molecule has 1 fully saturated rings. The Kier molecular flexibility index (Phi) is 13.2. The maximum Gasteiger partial charge on any atom is 0.266 e. The number of rotatable bonds is 18. The van der Waals surface area contributed by atoms with Gasteiger partial charge in [0.05, 0.1) is 34.3 Å². The summed E-state index contributed by atoms with van der Waals surface area (Å²) in [6, 6.07) is 18.6. The Labute approximate surface area is 329 Å². The van der Waals surface area contributed by atoms with E-state index in [2.05, 4.69) is 31.6 Å². The molecule has 57 heavy (non-hydrogen) atoms. The van der Waals surface area contributed by atoms with Crippen molar-refractivity contribution in [2.24, 2.45) is 0 Å². The van der Waals surface area contributed by atoms with Gasteiger partial charge in [0.2, 0.25) is 17.7 Å². The quantitative estimate of drug-likeness (QED) is 0.0728. The number of benzene rings is 3. The van der Waals surface area contributed by atoms with E-state index in [9.17, 15) is 33.6 Å². The second kappa shape index (κ2) is 18.8. The lowest BCUT2D eigenvalue weighted by Gasteiger charge is -2.27. The van der Waals surface area contributed by atoms with Crippen molar-refractivity contribution in [2.45, 2.75) is 63.8 Å². The summed E-state index contributed by atoms with van der Waals surface area (Å²) < 4.78 is 5.63. The standard InChI is InChI=1S/C42H45N7O8/c1-43-39(53)30-24-46-31-17-16-26(22-29(31)38(30)47-27-12-7-6-8-13-27)23-35(51)44-20-9-4-2-3-5-10-21-45-36(52)25-57-33-15-11-14-28-37(33)42(56)49(41(28)55)32-18-19-34(50)48-40(32)54/h6-8,11-17,22,24,32H,2-5,9-10,18-21,23,25H2,1H3,(H,43,53)(H,44,51)(H,45,52)(H,46,47)(H,48,50,54). The fraction of sp³-hybridized carbons (Fsp3) is 0.333. The van der Waals surface area contributed by atoms with E-state index in [1.165, 1.54) is 18.2 Å². The van der Waals surface area contributed by atoms with Crippen molar-refractivity contribution in [3.05, 3.63) is 95.2 Å². The van der Waals surface area contributed by atoms with Gasteiger partial charge in [-0.25, -0.2) is 0 Å². The number of aromatic nitrogens is 1. The lowest BCUT2D eigenvalue weighted by atomic mass is 10.0. The SMILES string of the molecule is CNC(=O)c1cnc2ccc(CC(=O)NCCCCCCCCNC(=O)COc3cccc4c3C(=O)N(C3CCC(=O)NC3=O)C4=O)cc2c1Nc1ccccc1. The molecule has 296 valence electrons. The third-order valence-electron chi connectivity index (χ3n) is 9.85. The Morgan fingerprint density at radius 1 is 0.842 bits per heavy atom. The number of nitrogens with one attached hydrogen (secondary N) is 5. The lowest BCUT2D eigenvalue weighted by molar-refractivity contribution is -0.136. The van der Waals surface area contributed by atoms with Crippen molar-refractivity contribution in [2.75, 3.05) is 32.1 Å². The Morgan fingerprint density at radius 2 is 1.56 bits per heavy atom. The highest BCUT2D eigenvalue weighted by Crippen LogP contribution is 2.34. The molecule has 1 atom stereocenters. The zero-order valence-electron chi connectivity index (χ0n) is 31.7. The fourth-order valence-corrected chi connectivity index (χ4v) is 6.92. The number of para-hydroxylation sites is 1. The summed E-state index contributed by atoms with van der Waals surface area (Å²) in [6.07, 6.45) is 7.21. The average Bonchev–Trinajstić information content (AvgIpc) is 3.46. The summed E-state index contributed by atoms with van der Waals surface area (Å²) in [5.41, 5.74) is 3.43. The number of piperidine rings is 1. The maximum atomic E-state index is 13.2. The lowest BCUT2D eigenvalue weighted by Crippen LogP contribution is -2.54. The highest BCUT2D eigenvalue weighted by atomic mass is 16.5. The van der Waals surface area contributed by atoms with Gasteiger partial charge in [-0.1, -0.05) is 56.0 Å². The summed E-state index contributed by atoms with van der Waals surface area (Å²) in [4.78, 5) is 93.4. The number of ether oxygens (including phenoxy) is 1. The Hall–Kier alpha value is -6.64.